The summed E-state index contributed by atoms with van der Waals surface area (Å²) in [5.41, 5.74) is 1.78. The van der Waals surface area contributed by atoms with Gasteiger partial charge in [-0.15, -0.1) is 11.8 Å². The first-order chi connectivity index (χ1) is 16.3. The Hall–Kier alpha value is -4.23. The molecule has 7 heteroatoms. The second kappa shape index (κ2) is 16.4. The molecule has 0 aliphatic rings. The first-order valence-electron chi connectivity index (χ1n) is 10.3. The van der Waals surface area contributed by atoms with Crippen LogP contribution in [0, 0.1) is 23.7 Å². The van der Waals surface area contributed by atoms with Gasteiger partial charge in [-0.25, -0.2) is 0 Å². The van der Waals surface area contributed by atoms with Crippen LogP contribution in [0.15, 0.2) is 42.5 Å². The lowest BCUT2D eigenvalue weighted by atomic mass is 9.94. The molecular weight excluding hydrogens is 448 g/mol. The summed E-state index contributed by atoms with van der Waals surface area (Å²) < 4.78 is 9.22. The van der Waals surface area contributed by atoms with Gasteiger partial charge in [-0.3, -0.25) is 14.4 Å². The summed E-state index contributed by atoms with van der Waals surface area (Å²) >= 11 is 0. The van der Waals surface area contributed by atoms with E-state index >= 15 is 0 Å². The summed E-state index contributed by atoms with van der Waals surface area (Å²) in [7, 11) is 2.67. The maximum absolute atomic E-state index is 11.3. The molecule has 2 aromatic carbocycles. The van der Waals surface area contributed by atoms with Crippen LogP contribution in [0.1, 0.15) is 67.4 Å². The first kappa shape index (κ1) is 30.8. The quantitative estimate of drug-likeness (QED) is 0.339. The molecule has 2 rings (SSSR count). The molecule has 2 N–H and O–H groups in total. The topological polar surface area (TPSA) is 110 Å². The van der Waals surface area contributed by atoms with Crippen LogP contribution >= 0.6 is 0 Å². The van der Waals surface area contributed by atoms with Gasteiger partial charge in [-0.05, 0) is 49.2 Å². The van der Waals surface area contributed by atoms with Gasteiger partial charge in [0, 0.05) is 0 Å². The Morgan fingerprint density at radius 1 is 0.857 bits per heavy atom. The van der Waals surface area contributed by atoms with E-state index in [1.807, 2.05) is 0 Å². The molecule has 0 spiro atoms. The monoisotopic (exact) mass is 480 g/mol. The van der Waals surface area contributed by atoms with E-state index in [1.54, 1.807) is 44.2 Å². The van der Waals surface area contributed by atoms with Crippen molar-refractivity contribution in [2.45, 2.75) is 46.0 Å². The number of benzene rings is 2. The number of ether oxygens (including phenoxy) is 2. The van der Waals surface area contributed by atoms with Crippen LogP contribution in [0.5, 0.6) is 11.5 Å². The predicted octanol–water partition coefficient (Wildman–Crippen LogP) is 4.57. The fourth-order valence-electron chi connectivity index (χ4n) is 2.94. The minimum Gasteiger partial charge on any atom is -0.508 e. The molecular formula is C28H32O7. The summed E-state index contributed by atoms with van der Waals surface area (Å²) in [5, 5.41) is 18.6. The fraction of sp³-hybridized carbons (Fsp3) is 0.321. The number of esters is 2. The molecule has 7 nitrogen and oxygen atoms in total. The Labute approximate surface area is 207 Å². The number of aromatic hydroxyl groups is 2. The molecule has 0 aromatic heterocycles. The highest BCUT2D eigenvalue weighted by atomic mass is 16.5. The summed E-state index contributed by atoms with van der Waals surface area (Å²) in [6.45, 7) is 3.40. The normalized spacial score (nSPS) is 10.7. The first-order valence-corrected chi connectivity index (χ1v) is 10.3. The maximum atomic E-state index is 11.3. The van der Waals surface area contributed by atoms with Gasteiger partial charge in [0.25, 0.3) is 0 Å². The SMILES string of the molecule is C.CC#CC(CC(=O)OC)c1ccc(O)c(C=O)c1.CC#CC(CC(=O)OC)c1ccc(O)cc1. The van der Waals surface area contributed by atoms with Crippen LogP contribution in [0.3, 0.4) is 0 Å². The van der Waals surface area contributed by atoms with Gasteiger partial charge < -0.3 is 19.7 Å². The molecule has 0 amide bonds. The standard InChI is InChI=1S/C14H14O4.C13H14O3.CH4/c1-3-4-10(8-14(17)18-2)11-5-6-13(16)12(7-11)9-15;1-3-4-11(9-13(15)16-2)10-5-7-12(14)8-6-10;/h5-7,9-10,16H,8H2,1-2H3;5-8,11,14H,9H2,1-2H3;1H4. The van der Waals surface area contributed by atoms with Crippen molar-refractivity contribution in [2.24, 2.45) is 0 Å². The number of carbonyl (C=O) groups excluding carboxylic acids is 3. The highest BCUT2D eigenvalue weighted by molar-refractivity contribution is 5.80. The molecule has 0 saturated heterocycles. The number of aldehydes is 1. The van der Waals surface area contributed by atoms with Crippen LogP contribution in [0.4, 0.5) is 0 Å². The molecule has 35 heavy (non-hydrogen) atoms. The van der Waals surface area contributed by atoms with Gasteiger partial charge in [0.05, 0.1) is 44.5 Å². The molecule has 0 aliphatic carbocycles. The van der Waals surface area contributed by atoms with Gasteiger partial charge >= 0.3 is 11.9 Å². The van der Waals surface area contributed by atoms with E-state index in [0.29, 0.717) is 11.8 Å². The van der Waals surface area contributed by atoms with E-state index in [-0.39, 0.29) is 61.1 Å². The number of hydrogen-bond donors (Lipinski definition) is 2. The fourth-order valence-corrected chi connectivity index (χ4v) is 2.94. The number of phenolic OH excluding ortho intramolecular Hbond substituents is 2. The summed E-state index contributed by atoms with van der Waals surface area (Å²) in [5.74, 6) is 10.3. The Morgan fingerprint density at radius 2 is 1.31 bits per heavy atom. The van der Waals surface area contributed by atoms with Gasteiger partial charge in [0.15, 0.2) is 6.29 Å². The molecule has 0 fully saturated rings. The molecule has 2 aromatic rings. The van der Waals surface area contributed by atoms with E-state index in [4.69, 9.17) is 5.11 Å². The number of rotatable bonds is 7. The molecule has 2 unspecified atom stereocenters. The van der Waals surface area contributed by atoms with Crippen molar-refractivity contribution in [1.82, 2.24) is 0 Å². The van der Waals surface area contributed by atoms with Gasteiger partial charge in [0.2, 0.25) is 0 Å². The summed E-state index contributed by atoms with van der Waals surface area (Å²) in [6, 6.07) is 11.3. The second-order valence-electron chi connectivity index (χ2n) is 6.98. The smallest absolute Gasteiger partial charge is 0.307 e. The lowest BCUT2D eigenvalue weighted by molar-refractivity contribution is -0.141. The number of carbonyl (C=O) groups is 3. The van der Waals surface area contributed by atoms with E-state index < -0.39 is 0 Å². The van der Waals surface area contributed by atoms with E-state index in [1.165, 1.54) is 26.4 Å². The number of hydrogen-bond acceptors (Lipinski definition) is 7. The average molecular weight is 481 g/mol. The molecule has 0 heterocycles. The lowest BCUT2D eigenvalue weighted by Crippen LogP contribution is -2.07. The van der Waals surface area contributed by atoms with Crippen molar-refractivity contribution in [3.63, 3.8) is 0 Å². The zero-order valence-electron chi connectivity index (χ0n) is 19.6. The van der Waals surface area contributed by atoms with Crippen LogP contribution in [0.2, 0.25) is 0 Å². The Kier molecular flexibility index (Phi) is 14.4. The molecule has 0 bridgehead atoms. The minimum atomic E-state index is -0.372. The second-order valence-corrected chi connectivity index (χ2v) is 6.98. The molecule has 0 saturated carbocycles. The van der Waals surface area contributed by atoms with Crippen molar-refractivity contribution < 1.29 is 34.1 Å². The van der Waals surface area contributed by atoms with Gasteiger partial charge in [-0.1, -0.05) is 37.5 Å². The van der Waals surface area contributed by atoms with Crippen molar-refractivity contribution >= 4 is 18.2 Å². The highest BCUT2D eigenvalue weighted by Crippen LogP contribution is 2.25. The summed E-state index contributed by atoms with van der Waals surface area (Å²) in [6.07, 6.45) is 0.899. The van der Waals surface area contributed by atoms with Crippen molar-refractivity contribution in [2.75, 3.05) is 14.2 Å². The Bertz CT molecular complexity index is 1100. The third-order valence-corrected chi connectivity index (χ3v) is 4.71. The number of phenols is 2. The molecule has 0 aliphatic heterocycles. The van der Waals surface area contributed by atoms with Crippen LogP contribution in [-0.4, -0.2) is 42.7 Å². The van der Waals surface area contributed by atoms with Crippen molar-refractivity contribution in [1.29, 1.82) is 0 Å². The predicted molar refractivity (Wildman–Crippen MR) is 134 cm³/mol. The summed E-state index contributed by atoms with van der Waals surface area (Å²) in [4.78, 5) is 33.2. The maximum Gasteiger partial charge on any atom is 0.307 e. The van der Waals surface area contributed by atoms with Crippen molar-refractivity contribution in [3.8, 4) is 35.2 Å². The van der Waals surface area contributed by atoms with Crippen LogP contribution < -0.4 is 0 Å². The van der Waals surface area contributed by atoms with E-state index in [9.17, 15) is 19.5 Å². The minimum absolute atomic E-state index is 0. The average Bonchev–Trinajstić information content (AvgIpc) is 2.84. The van der Waals surface area contributed by atoms with Gasteiger partial charge in [-0.2, -0.15) is 0 Å². The molecule has 2 atom stereocenters. The lowest BCUT2D eigenvalue weighted by Gasteiger charge is -2.11. The molecule has 0 radical (unpaired) electrons. The highest BCUT2D eigenvalue weighted by Gasteiger charge is 2.16. The number of methoxy groups -OCH3 is 2. The van der Waals surface area contributed by atoms with E-state index in [0.717, 1.165) is 5.56 Å². The Balaban J connectivity index is 0.000000646. The Morgan fingerprint density at radius 3 is 1.74 bits per heavy atom. The van der Waals surface area contributed by atoms with Crippen LogP contribution in [-0.2, 0) is 19.1 Å². The zero-order valence-corrected chi connectivity index (χ0v) is 19.6. The third kappa shape index (κ3) is 10.5. The largest absolute Gasteiger partial charge is 0.508 e. The van der Waals surface area contributed by atoms with Crippen LogP contribution in [0.25, 0.3) is 0 Å². The van der Waals surface area contributed by atoms with Gasteiger partial charge in [0.1, 0.15) is 11.5 Å². The third-order valence-electron chi connectivity index (χ3n) is 4.71. The van der Waals surface area contributed by atoms with E-state index in [2.05, 4.69) is 33.2 Å². The van der Waals surface area contributed by atoms with Crippen molar-refractivity contribution in [3.05, 3.63) is 59.2 Å². The zero-order chi connectivity index (χ0) is 25.5. The molecule has 186 valence electrons.